The van der Waals surface area contributed by atoms with E-state index in [2.05, 4.69) is 115 Å². The zero-order valence-electron chi connectivity index (χ0n) is 23.8. The average Bonchev–Trinajstić information content (AvgIpc) is 3.11. The van der Waals surface area contributed by atoms with Gasteiger partial charge in [0.2, 0.25) is 0 Å². The van der Waals surface area contributed by atoms with Crippen molar-refractivity contribution >= 4 is 22.1 Å². The van der Waals surface area contributed by atoms with Crippen LogP contribution in [0.4, 0.5) is 0 Å². The third-order valence-electron chi connectivity index (χ3n) is 7.88. The maximum atomic E-state index is 5.05. The van der Waals surface area contributed by atoms with Crippen molar-refractivity contribution in [2.24, 2.45) is 0 Å². The van der Waals surface area contributed by atoms with E-state index in [1.165, 1.54) is 0 Å². The molecule has 0 aliphatic rings. The molecule has 4 nitrogen and oxygen atoms in total. The molecule has 0 atom stereocenters. The van der Waals surface area contributed by atoms with Crippen LogP contribution in [0.15, 0.2) is 158 Å². The maximum Gasteiger partial charge on any atom is 0.160 e. The van der Waals surface area contributed by atoms with Crippen molar-refractivity contribution in [2.75, 3.05) is 0 Å². The molecule has 44 heavy (non-hydrogen) atoms. The van der Waals surface area contributed by atoms with Crippen LogP contribution in [0.3, 0.4) is 0 Å². The molecule has 0 bridgehead atoms. The van der Waals surface area contributed by atoms with Crippen LogP contribution in [-0.2, 0) is 0 Å². The molecule has 206 valence electrons. The van der Waals surface area contributed by atoms with Crippen molar-refractivity contribution < 1.29 is 0 Å². The molecule has 0 fully saturated rings. The summed E-state index contributed by atoms with van der Waals surface area (Å²) in [6.07, 6.45) is 0. The second-order valence-corrected chi connectivity index (χ2v) is 10.8. The summed E-state index contributed by atoms with van der Waals surface area (Å²) in [7, 11) is 0. The SMILES string of the molecule is c1ccc(-c2cc(-c3ccc4ccc(-c5ccccc5)nc4n3)cc(-c3ccc4ccc(-c5ccccc5)nc4n3)c2)cc1. The van der Waals surface area contributed by atoms with E-state index in [0.717, 1.165) is 78.2 Å². The van der Waals surface area contributed by atoms with Gasteiger partial charge in [0.15, 0.2) is 11.3 Å². The van der Waals surface area contributed by atoms with Crippen LogP contribution in [0, 0.1) is 0 Å². The quantitative estimate of drug-likeness (QED) is 0.209. The molecule has 0 amide bonds. The highest BCUT2D eigenvalue weighted by atomic mass is 14.9. The summed E-state index contributed by atoms with van der Waals surface area (Å²) in [6, 6.07) is 54.0. The topological polar surface area (TPSA) is 51.6 Å². The molecule has 0 radical (unpaired) electrons. The first-order valence-corrected chi connectivity index (χ1v) is 14.6. The minimum absolute atomic E-state index is 0.719. The first-order chi connectivity index (χ1) is 21.8. The van der Waals surface area contributed by atoms with E-state index in [4.69, 9.17) is 19.9 Å². The van der Waals surface area contributed by atoms with Crippen molar-refractivity contribution in [1.29, 1.82) is 0 Å². The van der Waals surface area contributed by atoms with Crippen LogP contribution in [-0.4, -0.2) is 19.9 Å². The van der Waals surface area contributed by atoms with Gasteiger partial charge in [-0.2, -0.15) is 0 Å². The molecule has 4 heterocycles. The molecule has 4 heteroatoms. The van der Waals surface area contributed by atoms with E-state index in [-0.39, 0.29) is 0 Å². The van der Waals surface area contributed by atoms with Gasteiger partial charge in [-0.05, 0) is 77.9 Å². The Morgan fingerprint density at radius 1 is 0.250 bits per heavy atom. The summed E-state index contributed by atoms with van der Waals surface area (Å²) < 4.78 is 0. The van der Waals surface area contributed by atoms with Gasteiger partial charge in [-0.3, -0.25) is 0 Å². The maximum absolute atomic E-state index is 5.05. The Morgan fingerprint density at radius 3 is 0.955 bits per heavy atom. The van der Waals surface area contributed by atoms with Crippen molar-refractivity contribution in [2.45, 2.75) is 0 Å². The standard InChI is InChI=1S/C40H26N4/c1-4-10-27(11-5-1)32-24-33(37-22-18-30-16-20-35(41-39(30)43-37)28-12-6-2-7-13-28)26-34(25-32)38-23-19-31-17-21-36(42-40(31)44-38)29-14-8-3-9-15-29/h1-26H. The second kappa shape index (κ2) is 11.0. The van der Waals surface area contributed by atoms with Crippen molar-refractivity contribution in [3.8, 4) is 56.2 Å². The van der Waals surface area contributed by atoms with Crippen LogP contribution in [0.1, 0.15) is 0 Å². The number of hydrogen-bond acceptors (Lipinski definition) is 4. The summed E-state index contributed by atoms with van der Waals surface area (Å²) in [5, 5.41) is 2.01. The minimum atomic E-state index is 0.719. The lowest BCUT2D eigenvalue weighted by Crippen LogP contribution is -1.94. The molecule has 4 aromatic carbocycles. The van der Waals surface area contributed by atoms with Crippen LogP contribution < -0.4 is 0 Å². The predicted octanol–water partition coefficient (Wildman–Crippen LogP) is 9.91. The Hall–Kier alpha value is -6.00. The smallest absolute Gasteiger partial charge is 0.160 e. The van der Waals surface area contributed by atoms with Gasteiger partial charge in [-0.1, -0.05) is 91.0 Å². The van der Waals surface area contributed by atoms with Gasteiger partial charge in [0, 0.05) is 33.0 Å². The van der Waals surface area contributed by atoms with E-state index in [0.29, 0.717) is 0 Å². The molecule has 0 saturated heterocycles. The normalized spacial score (nSPS) is 11.2. The molecule has 0 aliphatic carbocycles. The highest BCUT2D eigenvalue weighted by Gasteiger charge is 2.12. The molecule has 0 N–H and O–H groups in total. The third-order valence-corrected chi connectivity index (χ3v) is 7.88. The molecule has 8 aromatic rings. The van der Waals surface area contributed by atoms with Gasteiger partial charge in [0.1, 0.15) is 0 Å². The Labute approximate surface area is 255 Å². The van der Waals surface area contributed by atoms with E-state index in [1.807, 2.05) is 42.5 Å². The lowest BCUT2D eigenvalue weighted by molar-refractivity contribution is 1.28. The van der Waals surface area contributed by atoms with Crippen LogP contribution in [0.25, 0.3) is 78.2 Å². The van der Waals surface area contributed by atoms with Gasteiger partial charge in [0.05, 0.1) is 22.8 Å². The largest absolute Gasteiger partial charge is 0.228 e. The zero-order chi connectivity index (χ0) is 29.3. The van der Waals surface area contributed by atoms with Gasteiger partial charge in [-0.25, -0.2) is 19.9 Å². The number of rotatable bonds is 5. The van der Waals surface area contributed by atoms with E-state index < -0.39 is 0 Å². The summed E-state index contributed by atoms with van der Waals surface area (Å²) in [5.74, 6) is 0. The van der Waals surface area contributed by atoms with E-state index >= 15 is 0 Å². The predicted molar refractivity (Wildman–Crippen MR) is 180 cm³/mol. The molecule has 0 saturated carbocycles. The Bertz CT molecular complexity index is 2120. The lowest BCUT2D eigenvalue weighted by atomic mass is 9.96. The highest BCUT2D eigenvalue weighted by Crippen LogP contribution is 2.33. The molecule has 0 aliphatic heterocycles. The number of aromatic nitrogens is 4. The van der Waals surface area contributed by atoms with Crippen LogP contribution in [0.2, 0.25) is 0 Å². The van der Waals surface area contributed by atoms with Crippen molar-refractivity contribution in [1.82, 2.24) is 19.9 Å². The zero-order valence-corrected chi connectivity index (χ0v) is 23.8. The summed E-state index contributed by atoms with van der Waals surface area (Å²) in [6.45, 7) is 0. The lowest BCUT2D eigenvalue weighted by Gasteiger charge is -2.12. The number of nitrogens with zero attached hydrogens (tertiary/aromatic N) is 4. The van der Waals surface area contributed by atoms with Crippen molar-refractivity contribution in [3.63, 3.8) is 0 Å². The summed E-state index contributed by atoms with van der Waals surface area (Å²) in [5.41, 5.74) is 11.3. The fourth-order valence-electron chi connectivity index (χ4n) is 5.58. The van der Waals surface area contributed by atoms with Crippen LogP contribution in [0.5, 0.6) is 0 Å². The molecular formula is C40H26N4. The fraction of sp³-hybridized carbons (Fsp3) is 0. The van der Waals surface area contributed by atoms with E-state index in [1.54, 1.807) is 0 Å². The highest BCUT2D eigenvalue weighted by molar-refractivity contribution is 5.86. The fourth-order valence-corrected chi connectivity index (χ4v) is 5.58. The monoisotopic (exact) mass is 562 g/mol. The van der Waals surface area contributed by atoms with Gasteiger partial charge in [-0.15, -0.1) is 0 Å². The Balaban J connectivity index is 1.26. The number of benzene rings is 4. The molecule has 4 aromatic heterocycles. The average molecular weight is 563 g/mol. The molecule has 8 rings (SSSR count). The third kappa shape index (κ3) is 4.99. The minimum Gasteiger partial charge on any atom is -0.228 e. The molecular weight excluding hydrogens is 536 g/mol. The number of hydrogen-bond donors (Lipinski definition) is 0. The van der Waals surface area contributed by atoms with E-state index in [9.17, 15) is 0 Å². The second-order valence-electron chi connectivity index (χ2n) is 10.8. The van der Waals surface area contributed by atoms with Crippen molar-refractivity contribution in [3.05, 3.63) is 158 Å². The molecule has 0 unspecified atom stereocenters. The first-order valence-electron chi connectivity index (χ1n) is 14.6. The summed E-state index contributed by atoms with van der Waals surface area (Å²) in [4.78, 5) is 20.0. The Morgan fingerprint density at radius 2 is 0.568 bits per heavy atom. The van der Waals surface area contributed by atoms with Gasteiger partial charge < -0.3 is 0 Å². The van der Waals surface area contributed by atoms with Crippen LogP contribution >= 0.6 is 0 Å². The first kappa shape index (κ1) is 25.7. The Kier molecular flexibility index (Phi) is 6.43. The summed E-state index contributed by atoms with van der Waals surface area (Å²) >= 11 is 0. The number of fused-ring (bicyclic) bond motifs is 2. The molecule has 0 spiro atoms. The van der Waals surface area contributed by atoms with Gasteiger partial charge in [0.25, 0.3) is 0 Å². The number of pyridine rings is 4. The van der Waals surface area contributed by atoms with Gasteiger partial charge >= 0.3 is 0 Å².